The SMILES string of the molecule is [N-]=[N+]=NCCCCC(=O)CCCNC(=O)CCCCC1SCC2NC(=O)NC21. The van der Waals surface area contributed by atoms with Crippen LogP contribution in [0.25, 0.3) is 10.4 Å². The van der Waals surface area contributed by atoms with Gasteiger partial charge in [-0.25, -0.2) is 4.79 Å². The lowest BCUT2D eigenvalue weighted by atomic mass is 10.0. The number of fused-ring (bicyclic) bond motifs is 1. The molecule has 2 heterocycles. The molecule has 28 heavy (non-hydrogen) atoms. The Morgan fingerprint density at radius 3 is 2.75 bits per heavy atom. The van der Waals surface area contributed by atoms with Crippen LogP contribution in [0.5, 0.6) is 0 Å². The second-order valence-corrected chi connectivity index (χ2v) is 8.54. The molecule has 3 unspecified atom stereocenters. The monoisotopic (exact) mass is 410 g/mol. The fourth-order valence-corrected chi connectivity index (χ4v) is 5.09. The summed E-state index contributed by atoms with van der Waals surface area (Å²) in [6.07, 6.45) is 6.44. The van der Waals surface area contributed by atoms with Gasteiger partial charge in [0.05, 0.1) is 12.1 Å². The zero-order chi connectivity index (χ0) is 20.2. The summed E-state index contributed by atoms with van der Waals surface area (Å²) in [7, 11) is 0. The first kappa shape index (κ1) is 22.4. The number of rotatable bonds is 14. The molecule has 0 saturated carbocycles. The number of azide groups is 1. The third kappa shape index (κ3) is 7.98. The van der Waals surface area contributed by atoms with E-state index in [1.54, 1.807) is 0 Å². The van der Waals surface area contributed by atoms with Gasteiger partial charge in [-0.3, -0.25) is 9.59 Å². The molecule has 3 atom stereocenters. The van der Waals surface area contributed by atoms with Crippen molar-refractivity contribution >= 4 is 29.5 Å². The zero-order valence-electron chi connectivity index (χ0n) is 16.2. The van der Waals surface area contributed by atoms with Gasteiger partial charge in [0, 0.05) is 48.3 Å². The minimum atomic E-state index is -0.0636. The van der Waals surface area contributed by atoms with E-state index in [9.17, 15) is 14.4 Å². The molecule has 2 rings (SSSR count). The molecule has 0 aromatic carbocycles. The highest BCUT2D eigenvalue weighted by Gasteiger charge is 2.42. The predicted molar refractivity (Wildman–Crippen MR) is 109 cm³/mol. The van der Waals surface area contributed by atoms with Crippen LogP contribution >= 0.6 is 11.8 Å². The van der Waals surface area contributed by atoms with Crippen molar-refractivity contribution in [2.24, 2.45) is 5.11 Å². The van der Waals surface area contributed by atoms with Gasteiger partial charge in [0.25, 0.3) is 0 Å². The van der Waals surface area contributed by atoms with Crippen LogP contribution in [0.1, 0.15) is 57.8 Å². The van der Waals surface area contributed by atoms with E-state index >= 15 is 0 Å². The normalized spacial score (nSPS) is 22.7. The van der Waals surface area contributed by atoms with Crippen molar-refractivity contribution < 1.29 is 14.4 Å². The molecule has 0 aromatic heterocycles. The second kappa shape index (κ2) is 12.5. The molecule has 0 radical (unpaired) electrons. The van der Waals surface area contributed by atoms with E-state index in [2.05, 4.69) is 26.0 Å². The van der Waals surface area contributed by atoms with Crippen LogP contribution in [0.4, 0.5) is 4.79 Å². The van der Waals surface area contributed by atoms with Crippen LogP contribution in [0.3, 0.4) is 0 Å². The van der Waals surface area contributed by atoms with E-state index in [1.165, 1.54) is 0 Å². The summed E-state index contributed by atoms with van der Waals surface area (Å²) >= 11 is 1.89. The van der Waals surface area contributed by atoms with Crippen molar-refractivity contribution in [3.8, 4) is 0 Å². The van der Waals surface area contributed by atoms with E-state index in [-0.39, 0.29) is 29.8 Å². The van der Waals surface area contributed by atoms with Crippen molar-refractivity contribution in [2.75, 3.05) is 18.8 Å². The second-order valence-electron chi connectivity index (χ2n) is 7.27. The van der Waals surface area contributed by atoms with Crippen LogP contribution < -0.4 is 16.0 Å². The van der Waals surface area contributed by atoms with Gasteiger partial charge >= 0.3 is 6.03 Å². The van der Waals surface area contributed by atoms with Crippen molar-refractivity contribution in [1.29, 1.82) is 0 Å². The van der Waals surface area contributed by atoms with E-state index in [4.69, 9.17) is 5.53 Å². The molecule has 9 nitrogen and oxygen atoms in total. The fraction of sp³-hybridized carbons (Fsp3) is 0.833. The lowest BCUT2D eigenvalue weighted by Gasteiger charge is -2.16. The van der Waals surface area contributed by atoms with Crippen LogP contribution in [0.15, 0.2) is 5.11 Å². The highest BCUT2D eigenvalue weighted by atomic mass is 32.2. The number of Topliss-reactive ketones (excluding diaryl/α,β-unsaturated/α-hetero) is 1. The Kier molecular flexibility index (Phi) is 9.99. The van der Waals surface area contributed by atoms with E-state index in [0.29, 0.717) is 44.0 Å². The Balaban J connectivity index is 1.42. The fourth-order valence-electron chi connectivity index (χ4n) is 3.55. The first-order valence-corrected chi connectivity index (χ1v) is 11.1. The zero-order valence-corrected chi connectivity index (χ0v) is 17.0. The Morgan fingerprint density at radius 2 is 1.93 bits per heavy atom. The largest absolute Gasteiger partial charge is 0.356 e. The van der Waals surface area contributed by atoms with Gasteiger partial charge in [-0.15, -0.1) is 0 Å². The Labute approximate surface area is 169 Å². The molecule has 0 aromatic rings. The lowest BCUT2D eigenvalue weighted by molar-refractivity contribution is -0.122. The Hall–Kier alpha value is -1.93. The van der Waals surface area contributed by atoms with Gasteiger partial charge in [0.2, 0.25) is 5.91 Å². The first-order chi connectivity index (χ1) is 13.6. The predicted octanol–water partition coefficient (Wildman–Crippen LogP) is 2.66. The molecule has 0 bridgehead atoms. The van der Waals surface area contributed by atoms with Gasteiger partial charge in [-0.05, 0) is 37.6 Å². The van der Waals surface area contributed by atoms with Crippen LogP contribution in [-0.2, 0) is 9.59 Å². The van der Waals surface area contributed by atoms with Gasteiger partial charge in [-0.1, -0.05) is 11.5 Å². The number of nitrogens with zero attached hydrogens (tertiary/aromatic N) is 3. The number of amides is 3. The molecule has 2 aliphatic rings. The standard InChI is InChI=1S/C18H30N6O3S/c19-24-21-11-4-3-6-13(25)7-5-10-20-16(26)9-2-1-8-15-17-14(12-28-15)22-18(27)23-17/h14-15,17H,1-12H2,(H,20,26)(H2,22,23,27). The van der Waals surface area contributed by atoms with Crippen molar-refractivity contribution in [2.45, 2.75) is 75.1 Å². The van der Waals surface area contributed by atoms with Gasteiger partial charge in [0.1, 0.15) is 5.78 Å². The number of nitrogens with one attached hydrogen (secondary N) is 3. The van der Waals surface area contributed by atoms with Crippen LogP contribution in [0.2, 0.25) is 0 Å². The first-order valence-electron chi connectivity index (χ1n) is 10.1. The van der Waals surface area contributed by atoms with E-state index < -0.39 is 0 Å². The maximum absolute atomic E-state index is 11.9. The number of ketones is 1. The average molecular weight is 411 g/mol. The third-order valence-electron chi connectivity index (χ3n) is 5.06. The van der Waals surface area contributed by atoms with Gasteiger partial charge in [-0.2, -0.15) is 11.8 Å². The minimum Gasteiger partial charge on any atom is -0.356 e. The number of carbonyl (C=O) groups excluding carboxylic acids is 3. The summed E-state index contributed by atoms with van der Waals surface area (Å²) in [6.45, 7) is 0.968. The minimum absolute atomic E-state index is 0.0367. The molecule has 3 amide bonds. The van der Waals surface area contributed by atoms with E-state index in [0.717, 1.165) is 37.9 Å². The Bertz CT molecular complexity index is 596. The summed E-state index contributed by atoms with van der Waals surface area (Å²) < 4.78 is 0. The number of carbonyl (C=O) groups is 3. The number of urea groups is 1. The lowest BCUT2D eigenvalue weighted by Crippen LogP contribution is -2.36. The molecular weight excluding hydrogens is 380 g/mol. The van der Waals surface area contributed by atoms with Crippen molar-refractivity contribution in [3.05, 3.63) is 10.4 Å². The molecular formula is C18H30N6O3S. The topological polar surface area (TPSA) is 136 Å². The highest BCUT2D eigenvalue weighted by molar-refractivity contribution is 8.00. The van der Waals surface area contributed by atoms with Crippen LogP contribution in [-0.4, -0.2) is 53.9 Å². The quantitative estimate of drug-likeness (QED) is 0.133. The van der Waals surface area contributed by atoms with Crippen molar-refractivity contribution in [1.82, 2.24) is 16.0 Å². The van der Waals surface area contributed by atoms with Crippen LogP contribution in [0, 0.1) is 0 Å². The molecule has 0 aliphatic carbocycles. The maximum atomic E-state index is 11.9. The molecule has 156 valence electrons. The van der Waals surface area contributed by atoms with Crippen molar-refractivity contribution in [3.63, 3.8) is 0 Å². The molecule has 0 spiro atoms. The average Bonchev–Trinajstić information content (AvgIpc) is 3.21. The van der Waals surface area contributed by atoms with Gasteiger partial charge < -0.3 is 16.0 Å². The third-order valence-corrected chi connectivity index (χ3v) is 6.57. The summed E-state index contributed by atoms with van der Waals surface area (Å²) in [5, 5.41) is 12.7. The highest BCUT2D eigenvalue weighted by Crippen LogP contribution is 2.33. The summed E-state index contributed by atoms with van der Waals surface area (Å²) in [6, 6.07) is 0.411. The molecule has 10 heteroatoms. The smallest absolute Gasteiger partial charge is 0.315 e. The molecule has 2 aliphatic heterocycles. The Morgan fingerprint density at radius 1 is 1.14 bits per heavy atom. The maximum Gasteiger partial charge on any atom is 0.315 e. The number of hydrogen-bond acceptors (Lipinski definition) is 5. The molecule has 2 fully saturated rings. The number of hydrogen-bond donors (Lipinski definition) is 3. The number of thioether (sulfide) groups is 1. The number of unbranched alkanes of at least 4 members (excludes halogenated alkanes) is 2. The molecule has 3 N–H and O–H groups in total. The summed E-state index contributed by atoms with van der Waals surface area (Å²) in [5.74, 6) is 1.19. The molecule has 2 saturated heterocycles. The summed E-state index contributed by atoms with van der Waals surface area (Å²) in [4.78, 5) is 37.6. The van der Waals surface area contributed by atoms with Gasteiger partial charge in [0.15, 0.2) is 0 Å². The van der Waals surface area contributed by atoms with E-state index in [1.807, 2.05) is 11.8 Å². The summed E-state index contributed by atoms with van der Waals surface area (Å²) in [5.41, 5.74) is 8.16.